The first kappa shape index (κ1) is 30.3. The number of amides is 3. The predicted molar refractivity (Wildman–Crippen MR) is 162 cm³/mol. The second-order valence-corrected chi connectivity index (χ2v) is 11.6. The minimum absolute atomic E-state index is 0.00921. The standard InChI is InChI=1S/C31H33ClN4O4S/c1-19-9-7-12-23-20(2)21(3)41-18-36(17-27(37)34-16-25(19)23)31(40)28(38)26(15-22-10-5-4-6-11-22)35-30(39)24-13-8-14-33-29(24)32/h4-14,21,26,28,38H,2,15-18H2,1,3H3,(H,34,37)(H,35,39)/t21?,26-,28-/m0/s1. The number of nitrogens with one attached hydrogen (secondary N) is 2. The number of aryl methyl sites for hydroxylation is 1. The van der Waals surface area contributed by atoms with Gasteiger partial charge < -0.3 is 20.6 Å². The highest BCUT2D eigenvalue weighted by Gasteiger charge is 2.33. The topological polar surface area (TPSA) is 112 Å². The Kier molecular flexibility index (Phi) is 10.2. The molecule has 1 unspecified atom stereocenters. The molecule has 1 aliphatic rings. The molecule has 0 spiro atoms. The Morgan fingerprint density at radius 2 is 1.95 bits per heavy atom. The Bertz CT molecular complexity index is 1430. The van der Waals surface area contributed by atoms with E-state index in [1.165, 1.54) is 28.9 Å². The fraction of sp³-hybridized carbons (Fsp3) is 0.290. The highest BCUT2D eigenvalue weighted by Crippen LogP contribution is 2.31. The summed E-state index contributed by atoms with van der Waals surface area (Å²) >= 11 is 7.57. The Balaban J connectivity index is 1.57. The van der Waals surface area contributed by atoms with Crippen LogP contribution in [0.2, 0.25) is 5.15 Å². The summed E-state index contributed by atoms with van der Waals surface area (Å²) in [6.07, 6.45) is 0.00407. The highest BCUT2D eigenvalue weighted by atomic mass is 35.5. The lowest BCUT2D eigenvalue weighted by Crippen LogP contribution is -2.54. The third kappa shape index (κ3) is 7.55. The van der Waals surface area contributed by atoms with Crippen LogP contribution < -0.4 is 10.6 Å². The molecular formula is C31H33ClN4O4S. The van der Waals surface area contributed by atoms with Gasteiger partial charge in [0.1, 0.15) is 11.7 Å². The zero-order valence-electron chi connectivity index (χ0n) is 23.0. The summed E-state index contributed by atoms with van der Waals surface area (Å²) < 4.78 is 0. The summed E-state index contributed by atoms with van der Waals surface area (Å²) in [5.74, 6) is -1.45. The number of hydrogen-bond acceptors (Lipinski definition) is 6. The van der Waals surface area contributed by atoms with Crippen LogP contribution in [0.5, 0.6) is 0 Å². The van der Waals surface area contributed by atoms with Gasteiger partial charge in [-0.15, -0.1) is 11.8 Å². The van der Waals surface area contributed by atoms with E-state index in [2.05, 4.69) is 22.2 Å². The largest absolute Gasteiger partial charge is 0.381 e. The Morgan fingerprint density at radius 3 is 2.68 bits per heavy atom. The third-order valence-electron chi connectivity index (χ3n) is 7.09. The Morgan fingerprint density at radius 1 is 1.20 bits per heavy atom. The molecule has 2 aromatic carbocycles. The lowest BCUT2D eigenvalue weighted by atomic mass is 9.95. The first-order valence-electron chi connectivity index (χ1n) is 13.2. The number of carbonyl (C=O) groups is 3. The number of benzene rings is 2. The van der Waals surface area contributed by atoms with Crippen LogP contribution in [0.25, 0.3) is 5.57 Å². The molecule has 1 aliphatic heterocycles. The normalized spacial score (nSPS) is 17.5. The van der Waals surface area contributed by atoms with E-state index >= 15 is 0 Å². The summed E-state index contributed by atoms with van der Waals surface area (Å²) in [6.45, 7) is 8.34. The van der Waals surface area contributed by atoms with Crippen molar-refractivity contribution in [2.75, 3.05) is 12.4 Å². The number of pyridine rings is 1. The van der Waals surface area contributed by atoms with Crippen molar-refractivity contribution in [3.05, 3.63) is 106 Å². The summed E-state index contributed by atoms with van der Waals surface area (Å²) in [5.41, 5.74) is 4.82. The molecule has 214 valence electrons. The summed E-state index contributed by atoms with van der Waals surface area (Å²) in [6, 6.07) is 17.2. The zero-order chi connectivity index (χ0) is 29.5. The molecule has 4 rings (SSSR count). The molecule has 0 aliphatic carbocycles. The van der Waals surface area contributed by atoms with Crippen LogP contribution in [0.1, 0.15) is 39.5 Å². The molecule has 0 bridgehead atoms. The lowest BCUT2D eigenvalue weighted by Gasteiger charge is -2.30. The number of aromatic nitrogens is 1. The average molecular weight is 593 g/mol. The van der Waals surface area contributed by atoms with Crippen LogP contribution in [0.15, 0.2) is 73.4 Å². The maximum absolute atomic E-state index is 13.7. The van der Waals surface area contributed by atoms with Crippen molar-refractivity contribution >= 4 is 46.7 Å². The predicted octanol–water partition coefficient (Wildman–Crippen LogP) is 4.00. The molecule has 0 fully saturated rings. The monoisotopic (exact) mass is 592 g/mol. The summed E-state index contributed by atoms with van der Waals surface area (Å²) in [5, 5.41) is 17.0. The minimum atomic E-state index is -1.63. The van der Waals surface area contributed by atoms with E-state index in [1.807, 2.05) is 62.4 Å². The van der Waals surface area contributed by atoms with Gasteiger partial charge in [0.25, 0.3) is 11.8 Å². The van der Waals surface area contributed by atoms with Gasteiger partial charge in [-0.2, -0.15) is 0 Å². The number of aliphatic hydroxyl groups is 1. The lowest BCUT2D eigenvalue weighted by molar-refractivity contribution is -0.143. The number of rotatable bonds is 6. The fourth-order valence-electron chi connectivity index (χ4n) is 4.63. The first-order valence-corrected chi connectivity index (χ1v) is 14.7. The van der Waals surface area contributed by atoms with Crippen molar-refractivity contribution in [1.82, 2.24) is 20.5 Å². The molecule has 10 heteroatoms. The van der Waals surface area contributed by atoms with Gasteiger partial charge in [-0.25, -0.2) is 4.98 Å². The molecule has 3 amide bonds. The molecule has 3 aromatic rings. The highest BCUT2D eigenvalue weighted by molar-refractivity contribution is 8.00. The van der Waals surface area contributed by atoms with E-state index in [-0.39, 0.29) is 40.7 Å². The average Bonchev–Trinajstić information content (AvgIpc) is 2.99. The van der Waals surface area contributed by atoms with E-state index in [9.17, 15) is 19.5 Å². The number of aliphatic hydroxyl groups excluding tert-OH is 1. The van der Waals surface area contributed by atoms with Gasteiger partial charge >= 0.3 is 0 Å². The number of carbonyl (C=O) groups excluding carboxylic acids is 3. The molecule has 41 heavy (non-hydrogen) atoms. The van der Waals surface area contributed by atoms with Crippen molar-refractivity contribution in [3.8, 4) is 0 Å². The van der Waals surface area contributed by atoms with Crippen LogP contribution >= 0.6 is 23.4 Å². The smallest absolute Gasteiger partial charge is 0.254 e. The van der Waals surface area contributed by atoms with E-state index in [1.54, 1.807) is 6.07 Å². The summed E-state index contributed by atoms with van der Waals surface area (Å²) in [7, 11) is 0. The number of hydrogen-bond donors (Lipinski definition) is 3. The maximum Gasteiger partial charge on any atom is 0.254 e. The Hall–Kier alpha value is -3.66. The second kappa shape index (κ2) is 13.8. The SMILES string of the molecule is C=C1c2cccc(C)c2CNC(=O)CN(C(=O)[C@@H](O)[C@H](Cc2ccccc2)NC(=O)c2cccnc2Cl)CSC1C. The van der Waals surface area contributed by atoms with Gasteiger partial charge in [0.2, 0.25) is 5.91 Å². The van der Waals surface area contributed by atoms with Crippen molar-refractivity contribution in [1.29, 1.82) is 0 Å². The van der Waals surface area contributed by atoms with Crippen molar-refractivity contribution in [2.45, 2.75) is 44.2 Å². The molecule has 1 aromatic heterocycles. The maximum atomic E-state index is 13.7. The Labute approximate surface area is 249 Å². The fourth-order valence-corrected chi connectivity index (χ4v) is 5.79. The van der Waals surface area contributed by atoms with Crippen molar-refractivity contribution < 1.29 is 19.5 Å². The molecule has 0 saturated carbocycles. The second-order valence-electron chi connectivity index (χ2n) is 9.93. The molecular weight excluding hydrogens is 560 g/mol. The van der Waals surface area contributed by atoms with E-state index in [0.717, 1.165) is 27.8 Å². The van der Waals surface area contributed by atoms with Crippen LogP contribution in [0.4, 0.5) is 0 Å². The molecule has 0 saturated heterocycles. The van der Waals surface area contributed by atoms with Gasteiger partial charge in [0.05, 0.1) is 17.5 Å². The van der Waals surface area contributed by atoms with E-state index in [0.29, 0.717) is 6.54 Å². The van der Waals surface area contributed by atoms with Gasteiger partial charge in [0, 0.05) is 18.0 Å². The number of fused-ring (bicyclic) bond motifs is 1. The van der Waals surface area contributed by atoms with Gasteiger partial charge in [-0.1, -0.05) is 66.7 Å². The van der Waals surface area contributed by atoms with Gasteiger partial charge in [0.15, 0.2) is 6.10 Å². The minimum Gasteiger partial charge on any atom is -0.381 e. The van der Waals surface area contributed by atoms with Crippen molar-refractivity contribution in [2.24, 2.45) is 0 Å². The molecule has 8 nitrogen and oxygen atoms in total. The number of halogens is 1. The van der Waals surface area contributed by atoms with Gasteiger partial charge in [-0.3, -0.25) is 14.4 Å². The molecule has 3 N–H and O–H groups in total. The zero-order valence-corrected chi connectivity index (χ0v) is 24.5. The van der Waals surface area contributed by atoms with E-state index in [4.69, 9.17) is 11.6 Å². The molecule has 3 atom stereocenters. The van der Waals surface area contributed by atoms with Gasteiger partial charge in [-0.05, 0) is 60.2 Å². The number of nitrogens with zero attached hydrogens (tertiary/aromatic N) is 2. The quantitative estimate of drug-likeness (QED) is 0.373. The number of thioether (sulfide) groups is 1. The molecule has 2 heterocycles. The van der Waals surface area contributed by atoms with Crippen LogP contribution in [-0.2, 0) is 22.6 Å². The first-order chi connectivity index (χ1) is 19.7. The molecule has 0 radical (unpaired) electrons. The van der Waals surface area contributed by atoms with Crippen LogP contribution in [0, 0.1) is 6.92 Å². The van der Waals surface area contributed by atoms with Crippen LogP contribution in [0.3, 0.4) is 0 Å². The third-order valence-corrected chi connectivity index (χ3v) is 8.64. The van der Waals surface area contributed by atoms with Crippen LogP contribution in [-0.4, -0.2) is 62.5 Å². The van der Waals surface area contributed by atoms with Crippen molar-refractivity contribution in [3.63, 3.8) is 0 Å². The van der Waals surface area contributed by atoms with E-state index < -0.39 is 24.0 Å². The summed E-state index contributed by atoms with van der Waals surface area (Å²) in [4.78, 5) is 45.1.